The van der Waals surface area contributed by atoms with E-state index in [0.29, 0.717) is 5.56 Å². The maximum atomic E-state index is 13.4. The van der Waals surface area contributed by atoms with Crippen LogP contribution in [0.3, 0.4) is 0 Å². The van der Waals surface area contributed by atoms with Crippen LogP contribution < -0.4 is 21.7 Å². The second-order valence-corrected chi connectivity index (χ2v) is 9.17. The van der Waals surface area contributed by atoms with E-state index in [1.165, 1.54) is 24.3 Å². The zero-order valence-electron chi connectivity index (χ0n) is 20.9. The maximum Gasteiger partial charge on any atom is 0.326 e. The molecular formula is C26H32N4O8S. The predicted molar refractivity (Wildman–Crippen MR) is 144 cm³/mol. The number of phenols is 1. The van der Waals surface area contributed by atoms with Gasteiger partial charge in [-0.25, -0.2) is 4.79 Å². The number of nitrogens with two attached hydrogens (primary N) is 1. The Morgan fingerprint density at radius 1 is 0.744 bits per heavy atom. The van der Waals surface area contributed by atoms with E-state index in [2.05, 4.69) is 28.6 Å². The minimum atomic E-state index is -1.51. The number of carbonyl (C=O) groups excluding carboxylic acids is 3. The van der Waals surface area contributed by atoms with Crippen LogP contribution in [0.4, 0.5) is 0 Å². The van der Waals surface area contributed by atoms with Crippen LogP contribution in [0.15, 0.2) is 54.6 Å². The van der Waals surface area contributed by atoms with Gasteiger partial charge in [-0.3, -0.25) is 19.2 Å². The summed E-state index contributed by atoms with van der Waals surface area (Å²) in [4.78, 5) is 61.6. The zero-order valence-corrected chi connectivity index (χ0v) is 21.8. The summed E-state index contributed by atoms with van der Waals surface area (Å²) in [6, 6.07) is 9.70. The quantitative estimate of drug-likeness (QED) is 0.136. The molecule has 0 aliphatic rings. The average molecular weight is 561 g/mol. The lowest BCUT2D eigenvalue weighted by Crippen LogP contribution is -2.58. The van der Waals surface area contributed by atoms with Gasteiger partial charge in [-0.15, -0.1) is 0 Å². The third-order valence-corrected chi connectivity index (χ3v) is 6.11. The highest BCUT2D eigenvalue weighted by Gasteiger charge is 2.31. The Kier molecular flexibility index (Phi) is 12.2. The van der Waals surface area contributed by atoms with Crippen molar-refractivity contribution in [3.05, 3.63) is 65.7 Å². The molecule has 210 valence electrons. The van der Waals surface area contributed by atoms with Crippen molar-refractivity contribution < 1.29 is 39.3 Å². The minimum Gasteiger partial charge on any atom is -0.508 e. The second-order valence-electron chi connectivity index (χ2n) is 8.80. The second kappa shape index (κ2) is 15.3. The molecular weight excluding hydrogens is 528 g/mol. The molecule has 0 radical (unpaired) electrons. The number of carboxylic acids is 2. The van der Waals surface area contributed by atoms with Crippen molar-refractivity contribution in [3.8, 4) is 5.75 Å². The molecule has 0 heterocycles. The predicted octanol–water partition coefficient (Wildman–Crippen LogP) is -0.162. The highest BCUT2D eigenvalue weighted by atomic mass is 32.1. The lowest BCUT2D eigenvalue weighted by Gasteiger charge is -2.25. The minimum absolute atomic E-state index is 0.0189. The topological polar surface area (TPSA) is 208 Å². The van der Waals surface area contributed by atoms with Gasteiger partial charge in [0.25, 0.3) is 0 Å². The molecule has 0 bridgehead atoms. The highest BCUT2D eigenvalue weighted by molar-refractivity contribution is 7.80. The molecule has 4 unspecified atom stereocenters. The first-order valence-electron chi connectivity index (χ1n) is 12.0. The van der Waals surface area contributed by atoms with Gasteiger partial charge in [0.2, 0.25) is 17.7 Å². The van der Waals surface area contributed by atoms with Crippen LogP contribution in [0.2, 0.25) is 0 Å². The van der Waals surface area contributed by atoms with Crippen molar-refractivity contribution in [1.29, 1.82) is 0 Å². The van der Waals surface area contributed by atoms with Crippen LogP contribution in [0.5, 0.6) is 5.75 Å². The lowest BCUT2D eigenvalue weighted by molar-refractivity contribution is -0.143. The molecule has 12 nitrogen and oxygen atoms in total. The van der Waals surface area contributed by atoms with E-state index in [1.54, 1.807) is 30.3 Å². The Morgan fingerprint density at radius 2 is 1.23 bits per heavy atom. The number of amides is 3. The maximum absolute atomic E-state index is 13.4. The van der Waals surface area contributed by atoms with Crippen LogP contribution in [0.1, 0.15) is 24.0 Å². The lowest BCUT2D eigenvalue weighted by atomic mass is 10.0. The number of thiol groups is 1. The Labute approximate surface area is 230 Å². The van der Waals surface area contributed by atoms with Crippen molar-refractivity contribution >= 4 is 42.3 Å². The number of aromatic hydroxyl groups is 1. The van der Waals surface area contributed by atoms with Crippen molar-refractivity contribution in [3.63, 3.8) is 0 Å². The molecule has 0 aliphatic heterocycles. The first-order valence-corrected chi connectivity index (χ1v) is 12.7. The Bertz CT molecular complexity index is 1150. The number of rotatable bonds is 15. The fourth-order valence-electron chi connectivity index (χ4n) is 3.57. The monoisotopic (exact) mass is 560 g/mol. The molecule has 2 rings (SSSR count). The molecule has 0 fully saturated rings. The van der Waals surface area contributed by atoms with E-state index in [-0.39, 0.29) is 30.8 Å². The van der Waals surface area contributed by atoms with E-state index in [0.717, 1.165) is 5.56 Å². The smallest absolute Gasteiger partial charge is 0.326 e. The number of hydrogen-bond acceptors (Lipinski definition) is 8. The SMILES string of the molecule is NC(CS)C(=O)NC(Cc1ccccc1)C(=O)NC(Cc1ccc(O)cc1)C(=O)NC(CCC(=O)O)C(=O)O. The van der Waals surface area contributed by atoms with Gasteiger partial charge in [-0.2, -0.15) is 12.6 Å². The fraction of sp³-hybridized carbons (Fsp3) is 0.346. The average Bonchev–Trinajstić information content (AvgIpc) is 2.90. The summed E-state index contributed by atoms with van der Waals surface area (Å²) in [5.74, 6) is -4.88. The summed E-state index contributed by atoms with van der Waals surface area (Å²) < 4.78 is 0. The standard InChI is InChI=1S/C26H32N4O8S/c27-18(14-39)23(34)29-20(12-15-4-2-1-3-5-15)25(36)30-21(13-16-6-8-17(31)9-7-16)24(35)28-19(26(37)38)10-11-22(32)33/h1-9,18-21,31,39H,10-14,27H2,(H,28,35)(H,29,34)(H,30,36)(H,32,33)(H,37,38). The molecule has 0 aliphatic carbocycles. The summed E-state index contributed by atoms with van der Waals surface area (Å²) in [5, 5.41) is 35.4. The van der Waals surface area contributed by atoms with Gasteiger partial charge in [0.05, 0.1) is 6.04 Å². The van der Waals surface area contributed by atoms with Gasteiger partial charge in [-0.05, 0) is 29.7 Å². The molecule has 0 saturated carbocycles. The van der Waals surface area contributed by atoms with Crippen molar-refractivity contribution in [2.45, 2.75) is 49.9 Å². The van der Waals surface area contributed by atoms with Crippen LogP contribution >= 0.6 is 12.6 Å². The number of aliphatic carboxylic acids is 2. The number of phenolic OH excluding ortho intramolecular Hbond substituents is 1. The molecule has 0 saturated heterocycles. The molecule has 4 atom stereocenters. The molecule has 3 amide bonds. The Balaban J connectivity index is 2.31. The van der Waals surface area contributed by atoms with Crippen LogP contribution in [-0.2, 0) is 36.8 Å². The molecule has 39 heavy (non-hydrogen) atoms. The van der Waals surface area contributed by atoms with E-state index in [4.69, 9.17) is 10.8 Å². The summed E-state index contributed by atoms with van der Waals surface area (Å²) in [6.45, 7) is 0. The number of carboxylic acid groups (broad SMARTS) is 2. The van der Waals surface area contributed by atoms with Gasteiger partial charge in [0.15, 0.2) is 0 Å². The molecule has 2 aromatic rings. The number of carbonyl (C=O) groups is 5. The van der Waals surface area contributed by atoms with Gasteiger partial charge < -0.3 is 37.0 Å². The Hall–Kier alpha value is -4.10. The van der Waals surface area contributed by atoms with Gasteiger partial charge >= 0.3 is 11.9 Å². The summed E-state index contributed by atoms with van der Waals surface area (Å²) in [6.07, 6.45) is -0.889. The van der Waals surface area contributed by atoms with E-state index < -0.39 is 60.2 Å². The third-order valence-electron chi connectivity index (χ3n) is 5.72. The summed E-state index contributed by atoms with van der Waals surface area (Å²) >= 11 is 4.01. The Morgan fingerprint density at radius 3 is 1.72 bits per heavy atom. The summed E-state index contributed by atoms with van der Waals surface area (Å²) in [5.41, 5.74) is 7.01. The fourth-order valence-corrected chi connectivity index (χ4v) is 3.73. The first-order chi connectivity index (χ1) is 18.5. The first kappa shape index (κ1) is 31.1. The van der Waals surface area contributed by atoms with E-state index >= 15 is 0 Å². The number of nitrogens with one attached hydrogen (secondary N) is 3. The van der Waals surface area contributed by atoms with Gasteiger partial charge in [0, 0.05) is 25.0 Å². The van der Waals surface area contributed by atoms with Crippen molar-refractivity contribution in [2.24, 2.45) is 5.73 Å². The molecule has 8 N–H and O–H groups in total. The summed E-state index contributed by atoms with van der Waals surface area (Å²) in [7, 11) is 0. The molecule has 0 aromatic heterocycles. The zero-order chi connectivity index (χ0) is 28.9. The third kappa shape index (κ3) is 10.7. The van der Waals surface area contributed by atoms with E-state index in [1.807, 2.05) is 0 Å². The van der Waals surface area contributed by atoms with Crippen molar-refractivity contribution in [1.82, 2.24) is 16.0 Å². The number of hydrogen-bond donors (Lipinski definition) is 8. The van der Waals surface area contributed by atoms with Gasteiger partial charge in [0.1, 0.15) is 23.9 Å². The molecule has 2 aromatic carbocycles. The van der Waals surface area contributed by atoms with E-state index in [9.17, 15) is 34.2 Å². The normalized spacial score (nSPS) is 13.8. The molecule has 0 spiro atoms. The van der Waals surface area contributed by atoms with Crippen molar-refractivity contribution in [2.75, 3.05) is 5.75 Å². The largest absolute Gasteiger partial charge is 0.508 e. The highest BCUT2D eigenvalue weighted by Crippen LogP contribution is 2.13. The van der Waals surface area contributed by atoms with Crippen LogP contribution in [0.25, 0.3) is 0 Å². The van der Waals surface area contributed by atoms with Crippen LogP contribution in [-0.4, -0.2) is 74.9 Å². The van der Waals surface area contributed by atoms with Gasteiger partial charge in [-0.1, -0.05) is 42.5 Å². The van der Waals surface area contributed by atoms with Crippen LogP contribution in [0, 0.1) is 0 Å². The number of benzene rings is 2. The molecule has 13 heteroatoms.